The van der Waals surface area contributed by atoms with Crippen LogP contribution >= 0.6 is 0 Å². The van der Waals surface area contributed by atoms with E-state index < -0.39 is 11.9 Å². The van der Waals surface area contributed by atoms with Crippen molar-refractivity contribution in [2.24, 2.45) is 0 Å². The molecule has 0 unspecified atom stereocenters. The van der Waals surface area contributed by atoms with Gasteiger partial charge in [-0.25, -0.2) is 9.59 Å². The van der Waals surface area contributed by atoms with Crippen LogP contribution < -0.4 is 0 Å². The van der Waals surface area contributed by atoms with Crippen LogP contribution in [-0.4, -0.2) is 36.9 Å². The first-order valence-electron chi connectivity index (χ1n) is 3.93. The van der Waals surface area contributed by atoms with Crippen molar-refractivity contribution in [3.05, 3.63) is 24.8 Å². The van der Waals surface area contributed by atoms with Crippen LogP contribution in [0.2, 0.25) is 0 Å². The van der Waals surface area contributed by atoms with E-state index in [2.05, 4.69) is 11.3 Å². The third-order valence-electron chi connectivity index (χ3n) is 1.07. The van der Waals surface area contributed by atoms with Crippen LogP contribution in [0.3, 0.4) is 0 Å². The van der Waals surface area contributed by atoms with Crippen molar-refractivity contribution >= 4 is 11.9 Å². The molecule has 0 aromatic heterocycles. The summed E-state index contributed by atoms with van der Waals surface area (Å²) in [6.07, 6.45) is 3.13. The number of hydrogen-bond acceptors (Lipinski definition) is 4. The van der Waals surface area contributed by atoms with Crippen molar-refractivity contribution < 1.29 is 24.2 Å². The molecule has 0 aromatic carbocycles. The molecule has 5 heteroatoms. The smallest absolute Gasteiger partial charge is 0.331 e. The Morgan fingerprint density at radius 1 is 1.29 bits per heavy atom. The Labute approximate surface area is 81.6 Å². The van der Waals surface area contributed by atoms with Gasteiger partial charge < -0.3 is 14.6 Å². The van der Waals surface area contributed by atoms with Crippen LogP contribution in [-0.2, 0) is 19.1 Å². The van der Waals surface area contributed by atoms with Gasteiger partial charge in [0.25, 0.3) is 0 Å². The molecular formula is C9H12O5. The van der Waals surface area contributed by atoms with E-state index in [1.54, 1.807) is 6.08 Å². The topological polar surface area (TPSA) is 72.8 Å². The van der Waals surface area contributed by atoms with E-state index in [4.69, 9.17) is 9.84 Å². The summed E-state index contributed by atoms with van der Waals surface area (Å²) in [7, 11) is 0. The van der Waals surface area contributed by atoms with Crippen LogP contribution in [0.25, 0.3) is 0 Å². The molecule has 0 aliphatic rings. The highest BCUT2D eigenvalue weighted by Gasteiger charge is 1.97. The van der Waals surface area contributed by atoms with Gasteiger partial charge in [0.15, 0.2) is 0 Å². The molecule has 0 atom stereocenters. The number of esters is 1. The van der Waals surface area contributed by atoms with Gasteiger partial charge >= 0.3 is 11.9 Å². The third kappa shape index (κ3) is 8.48. The summed E-state index contributed by atoms with van der Waals surface area (Å²) in [6, 6.07) is 0. The van der Waals surface area contributed by atoms with E-state index in [1.807, 2.05) is 0 Å². The van der Waals surface area contributed by atoms with E-state index >= 15 is 0 Å². The largest absolute Gasteiger partial charge is 0.478 e. The highest BCUT2D eigenvalue weighted by molar-refractivity contribution is 5.90. The summed E-state index contributed by atoms with van der Waals surface area (Å²) in [4.78, 5) is 20.7. The molecule has 0 saturated carbocycles. The zero-order valence-corrected chi connectivity index (χ0v) is 7.64. The minimum absolute atomic E-state index is 0.0939. The molecule has 0 heterocycles. The lowest BCUT2D eigenvalue weighted by Gasteiger charge is -2.01. The molecule has 0 spiro atoms. The van der Waals surface area contributed by atoms with Crippen molar-refractivity contribution in [2.75, 3.05) is 19.8 Å². The predicted octanol–water partition coefficient (Wildman–Crippen LogP) is 0.373. The van der Waals surface area contributed by atoms with Crippen LogP contribution in [0, 0.1) is 0 Å². The van der Waals surface area contributed by atoms with E-state index in [1.165, 1.54) is 0 Å². The van der Waals surface area contributed by atoms with Gasteiger partial charge in [-0.2, -0.15) is 0 Å². The van der Waals surface area contributed by atoms with Gasteiger partial charge in [-0.05, 0) is 0 Å². The molecule has 78 valence electrons. The molecule has 14 heavy (non-hydrogen) atoms. The zero-order chi connectivity index (χ0) is 10.8. The Bertz CT molecular complexity index is 231. The molecule has 0 radical (unpaired) electrons. The second-order valence-corrected chi connectivity index (χ2v) is 2.20. The van der Waals surface area contributed by atoms with Crippen molar-refractivity contribution in [1.29, 1.82) is 0 Å². The first-order chi connectivity index (χ1) is 6.66. The molecule has 5 nitrogen and oxygen atoms in total. The predicted molar refractivity (Wildman–Crippen MR) is 48.8 cm³/mol. The van der Waals surface area contributed by atoms with Crippen LogP contribution in [0.15, 0.2) is 24.8 Å². The average Bonchev–Trinajstić information content (AvgIpc) is 2.14. The monoisotopic (exact) mass is 200 g/mol. The number of carboxylic acids is 1. The lowest BCUT2D eigenvalue weighted by atomic mass is 10.5. The fourth-order valence-electron chi connectivity index (χ4n) is 0.555. The molecule has 0 aliphatic heterocycles. The van der Waals surface area contributed by atoms with Gasteiger partial charge in [0.2, 0.25) is 0 Å². The fourth-order valence-corrected chi connectivity index (χ4v) is 0.555. The number of carboxylic acid groups (broad SMARTS) is 1. The molecular weight excluding hydrogens is 188 g/mol. The number of rotatable bonds is 7. The van der Waals surface area contributed by atoms with Gasteiger partial charge in [-0.1, -0.05) is 6.08 Å². The number of ether oxygens (including phenoxy) is 2. The van der Waals surface area contributed by atoms with Gasteiger partial charge in [0.05, 0.1) is 13.2 Å². The highest BCUT2D eigenvalue weighted by atomic mass is 16.6. The lowest BCUT2D eigenvalue weighted by molar-refractivity contribution is -0.140. The normalized spacial score (nSPS) is 10.0. The minimum Gasteiger partial charge on any atom is -0.478 e. The van der Waals surface area contributed by atoms with Crippen LogP contribution in [0.1, 0.15) is 0 Å². The van der Waals surface area contributed by atoms with Crippen molar-refractivity contribution in [3.8, 4) is 0 Å². The Kier molecular flexibility index (Phi) is 7.07. The third-order valence-corrected chi connectivity index (χ3v) is 1.07. The maximum atomic E-state index is 10.7. The summed E-state index contributed by atoms with van der Waals surface area (Å²) in [5, 5.41) is 8.17. The van der Waals surface area contributed by atoms with Gasteiger partial charge in [-0.3, -0.25) is 0 Å². The van der Waals surface area contributed by atoms with Gasteiger partial charge in [-0.15, -0.1) is 6.58 Å². The van der Waals surface area contributed by atoms with E-state index in [0.29, 0.717) is 12.7 Å². The second-order valence-electron chi connectivity index (χ2n) is 2.20. The van der Waals surface area contributed by atoms with Gasteiger partial charge in [0.1, 0.15) is 6.61 Å². The molecule has 0 aromatic rings. The molecule has 0 aliphatic carbocycles. The standard InChI is InChI=1S/C9H12O5/c1-2-5-13-6-7-14-9(12)4-3-8(10)11/h2-4H,1,5-7H2,(H,10,11). The second kappa shape index (κ2) is 8.00. The van der Waals surface area contributed by atoms with Crippen LogP contribution in [0.4, 0.5) is 0 Å². The Balaban J connectivity index is 3.44. The van der Waals surface area contributed by atoms with Crippen molar-refractivity contribution in [2.45, 2.75) is 0 Å². The van der Waals surface area contributed by atoms with Crippen molar-refractivity contribution in [1.82, 2.24) is 0 Å². The van der Waals surface area contributed by atoms with E-state index in [9.17, 15) is 9.59 Å². The fraction of sp³-hybridized carbons (Fsp3) is 0.333. The average molecular weight is 200 g/mol. The minimum atomic E-state index is -1.19. The molecule has 0 amide bonds. The Hall–Kier alpha value is -1.62. The Morgan fingerprint density at radius 2 is 2.00 bits per heavy atom. The first-order valence-corrected chi connectivity index (χ1v) is 3.93. The van der Waals surface area contributed by atoms with E-state index in [0.717, 1.165) is 6.08 Å². The summed E-state index contributed by atoms with van der Waals surface area (Å²) >= 11 is 0. The zero-order valence-electron chi connectivity index (χ0n) is 7.64. The maximum Gasteiger partial charge on any atom is 0.331 e. The summed E-state index contributed by atoms with van der Waals surface area (Å²) in [5.41, 5.74) is 0. The number of carbonyl (C=O) groups is 2. The molecule has 1 N–H and O–H groups in total. The van der Waals surface area contributed by atoms with Crippen molar-refractivity contribution in [3.63, 3.8) is 0 Å². The highest BCUT2D eigenvalue weighted by Crippen LogP contribution is 1.83. The molecule has 0 fully saturated rings. The molecule has 0 saturated heterocycles. The maximum absolute atomic E-state index is 10.7. The SMILES string of the molecule is C=CCOCCOC(=O)C=CC(=O)O. The summed E-state index contributed by atoms with van der Waals surface area (Å²) in [6.45, 7) is 4.18. The molecule has 0 rings (SSSR count). The van der Waals surface area contributed by atoms with Gasteiger partial charge in [0, 0.05) is 12.2 Å². The number of aliphatic carboxylic acids is 1. The quantitative estimate of drug-likeness (QED) is 0.278. The van der Waals surface area contributed by atoms with E-state index in [-0.39, 0.29) is 13.2 Å². The number of carbonyl (C=O) groups excluding carboxylic acids is 1. The number of hydrogen-bond donors (Lipinski definition) is 1. The lowest BCUT2D eigenvalue weighted by Crippen LogP contribution is -2.08. The Morgan fingerprint density at radius 3 is 2.57 bits per heavy atom. The summed E-state index contributed by atoms with van der Waals surface area (Å²) in [5.74, 6) is -1.89. The van der Waals surface area contributed by atoms with Crippen LogP contribution in [0.5, 0.6) is 0 Å². The molecule has 0 bridgehead atoms. The summed E-state index contributed by atoms with van der Waals surface area (Å²) < 4.78 is 9.51. The first kappa shape index (κ1) is 12.4.